The number of hydrogen-bond acceptors (Lipinski definition) is 2. The van der Waals surface area contributed by atoms with Crippen molar-refractivity contribution in [2.24, 2.45) is 0 Å². The molecule has 2 rings (SSSR count). The molecule has 0 fully saturated rings. The summed E-state index contributed by atoms with van der Waals surface area (Å²) in [5.74, 6) is 0.377. The second kappa shape index (κ2) is 4.71. The molecule has 1 aromatic heterocycles. The molecule has 4 nitrogen and oxygen atoms in total. The number of anilines is 1. The van der Waals surface area contributed by atoms with Crippen molar-refractivity contribution in [1.29, 1.82) is 0 Å². The van der Waals surface area contributed by atoms with E-state index < -0.39 is 0 Å². The molecular formula is C12H12BrN3O. The predicted molar refractivity (Wildman–Crippen MR) is 70.2 cm³/mol. The lowest BCUT2D eigenvalue weighted by atomic mass is 10.1. The fraction of sp³-hybridized carbons (Fsp3) is 0.167. The second-order valence-corrected chi connectivity index (χ2v) is 4.77. The standard InChI is InChI=1S/C12H12BrN3O/c1-7-3-4-9(13)6-10(7)12(17)14-11-5-8(2)15-16-11/h3-6H,1-2H3,(H2,14,15,16,17). The van der Waals surface area contributed by atoms with Crippen LogP contribution in [0.3, 0.4) is 0 Å². The van der Waals surface area contributed by atoms with Crippen LogP contribution in [0.4, 0.5) is 5.82 Å². The number of rotatable bonds is 2. The molecule has 0 saturated carbocycles. The average molecular weight is 294 g/mol. The van der Waals surface area contributed by atoms with Crippen molar-refractivity contribution < 1.29 is 4.79 Å². The number of aromatic nitrogens is 2. The number of carbonyl (C=O) groups excluding carboxylic acids is 1. The van der Waals surface area contributed by atoms with Crippen molar-refractivity contribution in [1.82, 2.24) is 10.2 Å². The largest absolute Gasteiger partial charge is 0.305 e. The van der Waals surface area contributed by atoms with Gasteiger partial charge in [-0.05, 0) is 31.5 Å². The van der Waals surface area contributed by atoms with E-state index in [1.54, 1.807) is 12.1 Å². The van der Waals surface area contributed by atoms with E-state index in [0.29, 0.717) is 11.4 Å². The molecule has 1 amide bonds. The number of aryl methyl sites for hydroxylation is 2. The summed E-state index contributed by atoms with van der Waals surface area (Å²) in [5, 5.41) is 9.49. The molecule has 0 aliphatic heterocycles. The molecule has 0 saturated heterocycles. The molecular weight excluding hydrogens is 282 g/mol. The average Bonchev–Trinajstić information content (AvgIpc) is 2.67. The van der Waals surface area contributed by atoms with Gasteiger partial charge in [-0.2, -0.15) is 5.10 Å². The van der Waals surface area contributed by atoms with Gasteiger partial charge in [0.1, 0.15) is 0 Å². The first-order valence-electron chi connectivity index (χ1n) is 5.16. The Bertz CT molecular complexity index is 563. The molecule has 5 heteroatoms. The van der Waals surface area contributed by atoms with E-state index in [-0.39, 0.29) is 5.91 Å². The number of aromatic amines is 1. The highest BCUT2D eigenvalue weighted by Gasteiger charge is 2.10. The normalized spacial score (nSPS) is 10.3. The summed E-state index contributed by atoms with van der Waals surface area (Å²) in [6.45, 7) is 3.78. The Kier molecular flexibility index (Phi) is 3.28. The molecule has 1 heterocycles. The Hall–Kier alpha value is -1.62. The minimum absolute atomic E-state index is 0.157. The molecule has 88 valence electrons. The van der Waals surface area contributed by atoms with Crippen molar-refractivity contribution in [2.75, 3.05) is 5.32 Å². The Morgan fingerprint density at radius 2 is 2.12 bits per heavy atom. The summed E-state index contributed by atoms with van der Waals surface area (Å²) in [6, 6.07) is 7.38. The molecule has 1 aromatic carbocycles. The molecule has 0 aliphatic carbocycles. The number of halogens is 1. The highest BCUT2D eigenvalue weighted by atomic mass is 79.9. The van der Waals surface area contributed by atoms with Crippen molar-refractivity contribution in [3.8, 4) is 0 Å². The van der Waals surface area contributed by atoms with E-state index in [9.17, 15) is 4.79 Å². The van der Waals surface area contributed by atoms with Crippen LogP contribution in [-0.2, 0) is 0 Å². The topological polar surface area (TPSA) is 57.8 Å². The molecule has 0 radical (unpaired) electrons. The Morgan fingerprint density at radius 1 is 1.35 bits per heavy atom. The summed E-state index contributed by atoms with van der Waals surface area (Å²) < 4.78 is 0.881. The van der Waals surface area contributed by atoms with Gasteiger partial charge in [0.25, 0.3) is 5.91 Å². The number of nitrogens with zero attached hydrogens (tertiary/aromatic N) is 1. The van der Waals surface area contributed by atoms with E-state index in [2.05, 4.69) is 31.4 Å². The maximum Gasteiger partial charge on any atom is 0.257 e. The van der Waals surface area contributed by atoms with E-state index >= 15 is 0 Å². The van der Waals surface area contributed by atoms with Gasteiger partial charge in [0.2, 0.25) is 0 Å². The predicted octanol–water partition coefficient (Wildman–Crippen LogP) is 3.04. The minimum atomic E-state index is -0.157. The number of hydrogen-bond donors (Lipinski definition) is 2. The highest BCUT2D eigenvalue weighted by Crippen LogP contribution is 2.17. The zero-order valence-electron chi connectivity index (χ0n) is 9.54. The van der Waals surface area contributed by atoms with Crippen LogP contribution in [0.2, 0.25) is 0 Å². The van der Waals surface area contributed by atoms with Crippen LogP contribution in [0.5, 0.6) is 0 Å². The Balaban J connectivity index is 2.22. The van der Waals surface area contributed by atoms with Crippen molar-refractivity contribution in [3.63, 3.8) is 0 Å². The van der Waals surface area contributed by atoms with Crippen LogP contribution >= 0.6 is 15.9 Å². The highest BCUT2D eigenvalue weighted by molar-refractivity contribution is 9.10. The zero-order chi connectivity index (χ0) is 12.4. The first-order valence-corrected chi connectivity index (χ1v) is 5.95. The lowest BCUT2D eigenvalue weighted by Gasteiger charge is -2.05. The first-order chi connectivity index (χ1) is 8.06. The van der Waals surface area contributed by atoms with Gasteiger partial charge < -0.3 is 5.32 Å². The third-order valence-electron chi connectivity index (χ3n) is 2.39. The van der Waals surface area contributed by atoms with Gasteiger partial charge in [-0.25, -0.2) is 0 Å². The molecule has 0 spiro atoms. The monoisotopic (exact) mass is 293 g/mol. The van der Waals surface area contributed by atoms with Crippen molar-refractivity contribution >= 4 is 27.7 Å². The van der Waals surface area contributed by atoms with Gasteiger partial charge >= 0.3 is 0 Å². The second-order valence-electron chi connectivity index (χ2n) is 3.85. The Morgan fingerprint density at radius 3 is 2.76 bits per heavy atom. The lowest BCUT2D eigenvalue weighted by Crippen LogP contribution is -2.13. The van der Waals surface area contributed by atoms with Gasteiger partial charge in [-0.3, -0.25) is 9.89 Å². The third-order valence-corrected chi connectivity index (χ3v) is 2.89. The summed E-state index contributed by atoms with van der Waals surface area (Å²) in [6.07, 6.45) is 0. The van der Waals surface area contributed by atoms with Gasteiger partial charge in [-0.15, -0.1) is 0 Å². The van der Waals surface area contributed by atoms with Crippen LogP contribution in [0.1, 0.15) is 21.6 Å². The van der Waals surface area contributed by atoms with Crippen LogP contribution in [0.15, 0.2) is 28.7 Å². The molecule has 2 N–H and O–H groups in total. The number of amides is 1. The first kappa shape index (κ1) is 11.9. The molecule has 0 atom stereocenters. The summed E-state index contributed by atoms with van der Waals surface area (Å²) in [5.41, 5.74) is 2.48. The van der Waals surface area contributed by atoms with Gasteiger partial charge in [0.05, 0.1) is 0 Å². The molecule has 0 aliphatic rings. The van der Waals surface area contributed by atoms with Crippen LogP contribution in [0.25, 0.3) is 0 Å². The van der Waals surface area contributed by atoms with E-state index in [0.717, 1.165) is 15.7 Å². The fourth-order valence-corrected chi connectivity index (χ4v) is 1.87. The zero-order valence-corrected chi connectivity index (χ0v) is 11.1. The molecule has 17 heavy (non-hydrogen) atoms. The smallest absolute Gasteiger partial charge is 0.257 e. The number of benzene rings is 1. The SMILES string of the molecule is Cc1cc(NC(=O)c2cc(Br)ccc2C)n[nH]1. The Labute approximate surface area is 108 Å². The number of carbonyl (C=O) groups is 1. The summed E-state index contributed by atoms with van der Waals surface area (Å²) >= 11 is 3.35. The van der Waals surface area contributed by atoms with Gasteiger partial charge in [-0.1, -0.05) is 22.0 Å². The summed E-state index contributed by atoms with van der Waals surface area (Å²) in [4.78, 5) is 12.0. The number of H-pyrrole nitrogens is 1. The van der Waals surface area contributed by atoms with Crippen LogP contribution in [0, 0.1) is 13.8 Å². The molecule has 0 bridgehead atoms. The van der Waals surface area contributed by atoms with Crippen molar-refractivity contribution in [2.45, 2.75) is 13.8 Å². The molecule has 2 aromatic rings. The summed E-state index contributed by atoms with van der Waals surface area (Å²) in [7, 11) is 0. The molecule has 0 unspecified atom stereocenters. The quantitative estimate of drug-likeness (QED) is 0.894. The van der Waals surface area contributed by atoms with E-state index in [1.165, 1.54) is 0 Å². The van der Waals surface area contributed by atoms with Crippen LogP contribution in [-0.4, -0.2) is 16.1 Å². The van der Waals surface area contributed by atoms with Gasteiger partial charge in [0.15, 0.2) is 5.82 Å². The van der Waals surface area contributed by atoms with Crippen LogP contribution < -0.4 is 5.32 Å². The van der Waals surface area contributed by atoms with E-state index in [1.807, 2.05) is 26.0 Å². The maximum atomic E-state index is 12.0. The van der Waals surface area contributed by atoms with Crippen molar-refractivity contribution in [3.05, 3.63) is 45.6 Å². The fourth-order valence-electron chi connectivity index (χ4n) is 1.50. The van der Waals surface area contributed by atoms with Gasteiger partial charge in [0, 0.05) is 21.8 Å². The maximum absolute atomic E-state index is 12.0. The lowest BCUT2D eigenvalue weighted by molar-refractivity contribution is 0.102. The number of nitrogens with one attached hydrogen (secondary N) is 2. The minimum Gasteiger partial charge on any atom is -0.305 e. The third kappa shape index (κ3) is 2.74. The van der Waals surface area contributed by atoms with E-state index in [4.69, 9.17) is 0 Å².